The molecule has 1 unspecified atom stereocenters. The smallest absolute Gasteiger partial charge is 0.251 e. The Morgan fingerprint density at radius 1 is 1.47 bits per heavy atom. The molecule has 3 rings (SSSR count). The fourth-order valence-corrected chi connectivity index (χ4v) is 2.76. The van der Waals surface area contributed by atoms with E-state index in [-0.39, 0.29) is 11.9 Å². The highest BCUT2D eigenvalue weighted by molar-refractivity contribution is 7.80. The molecule has 1 fully saturated rings. The van der Waals surface area contributed by atoms with E-state index >= 15 is 0 Å². The molecule has 0 saturated carbocycles. The summed E-state index contributed by atoms with van der Waals surface area (Å²) in [5, 5.41) is 4.75. The summed E-state index contributed by atoms with van der Waals surface area (Å²) in [5.41, 5.74) is 3.49. The molecule has 1 aliphatic rings. The van der Waals surface area contributed by atoms with Crippen molar-refractivity contribution in [3.63, 3.8) is 0 Å². The van der Waals surface area contributed by atoms with E-state index < -0.39 is 0 Å². The highest BCUT2D eigenvalue weighted by Crippen LogP contribution is 2.19. The van der Waals surface area contributed by atoms with E-state index in [9.17, 15) is 4.79 Å². The topological polar surface area (TPSA) is 48.1 Å². The summed E-state index contributed by atoms with van der Waals surface area (Å²) >= 11 is 5.09. The number of carbonyl (C=O) groups excluding carboxylic acids is 1. The molecule has 1 amide bonds. The van der Waals surface area contributed by atoms with Crippen LogP contribution in [-0.4, -0.2) is 41.8 Å². The van der Waals surface area contributed by atoms with Crippen molar-refractivity contribution in [2.45, 2.75) is 12.5 Å². The SMILES string of the molecule is Bc1cccc2c(CC3NC(=S)N(C)C3=O)c[nH]c12. The van der Waals surface area contributed by atoms with Gasteiger partial charge in [-0.2, -0.15) is 0 Å². The maximum absolute atomic E-state index is 12.0. The molecule has 1 atom stereocenters. The molecule has 1 aliphatic heterocycles. The van der Waals surface area contributed by atoms with Crippen molar-refractivity contribution in [2.24, 2.45) is 0 Å². The van der Waals surface area contributed by atoms with Crippen LogP contribution in [0.4, 0.5) is 0 Å². The molecule has 1 aromatic heterocycles. The predicted octanol–water partition coefficient (Wildman–Crippen LogP) is -0.316. The monoisotopic (exact) mass is 271 g/mol. The highest BCUT2D eigenvalue weighted by Gasteiger charge is 2.33. The Balaban J connectivity index is 1.93. The second-order valence-electron chi connectivity index (χ2n) is 4.91. The van der Waals surface area contributed by atoms with Gasteiger partial charge in [0.1, 0.15) is 13.9 Å². The highest BCUT2D eigenvalue weighted by atomic mass is 32.1. The summed E-state index contributed by atoms with van der Waals surface area (Å²) in [6, 6.07) is 5.94. The van der Waals surface area contributed by atoms with Crippen molar-refractivity contribution in [3.05, 3.63) is 30.0 Å². The quantitative estimate of drug-likeness (QED) is 0.581. The summed E-state index contributed by atoms with van der Waals surface area (Å²) in [6.45, 7) is 0. The van der Waals surface area contributed by atoms with Gasteiger partial charge >= 0.3 is 0 Å². The van der Waals surface area contributed by atoms with Crippen LogP contribution in [0.15, 0.2) is 24.4 Å². The lowest BCUT2D eigenvalue weighted by Gasteiger charge is -2.07. The molecule has 19 heavy (non-hydrogen) atoms. The zero-order chi connectivity index (χ0) is 13.6. The van der Waals surface area contributed by atoms with Crippen LogP contribution in [0.25, 0.3) is 10.9 Å². The Labute approximate surface area is 117 Å². The van der Waals surface area contributed by atoms with Crippen LogP contribution in [0.2, 0.25) is 0 Å². The number of aromatic amines is 1. The summed E-state index contributed by atoms with van der Waals surface area (Å²) in [7, 11) is 3.78. The fraction of sp³-hybridized carbons (Fsp3) is 0.231. The average molecular weight is 271 g/mol. The molecule has 0 spiro atoms. The molecule has 6 heteroatoms. The number of H-pyrrole nitrogens is 1. The van der Waals surface area contributed by atoms with Crippen molar-refractivity contribution in [2.75, 3.05) is 7.05 Å². The van der Waals surface area contributed by atoms with Crippen molar-refractivity contribution in [1.82, 2.24) is 15.2 Å². The molecule has 2 N–H and O–H groups in total. The standard InChI is InChI=1S/C13H14BN3OS/c1-17-12(18)10(16-13(17)19)5-7-6-15-11-8(7)3-2-4-9(11)14/h2-4,6,10,15H,5,14H2,1H3,(H,16,19). The predicted molar refractivity (Wildman–Crippen MR) is 82.5 cm³/mol. The normalized spacial score (nSPS) is 19.2. The Kier molecular flexibility index (Phi) is 2.82. The van der Waals surface area contributed by atoms with Gasteiger partial charge in [-0.05, 0) is 17.8 Å². The van der Waals surface area contributed by atoms with Crippen molar-refractivity contribution in [3.8, 4) is 0 Å². The summed E-state index contributed by atoms with van der Waals surface area (Å²) in [5.74, 6) is 0.0343. The van der Waals surface area contributed by atoms with Crippen LogP contribution in [0.5, 0.6) is 0 Å². The van der Waals surface area contributed by atoms with Crippen LogP contribution in [0.1, 0.15) is 5.56 Å². The minimum atomic E-state index is -0.253. The second kappa shape index (κ2) is 4.38. The van der Waals surface area contributed by atoms with E-state index in [1.165, 1.54) is 15.7 Å². The number of likely N-dealkylation sites (N-methyl/N-ethyl adjacent to an activating group) is 1. The Morgan fingerprint density at radius 3 is 2.95 bits per heavy atom. The van der Waals surface area contributed by atoms with Crippen LogP contribution in [0.3, 0.4) is 0 Å². The molecule has 0 bridgehead atoms. The average Bonchev–Trinajstić information content (AvgIpc) is 2.90. The Morgan fingerprint density at radius 2 is 2.26 bits per heavy atom. The van der Waals surface area contributed by atoms with Crippen molar-refractivity contribution < 1.29 is 4.79 Å². The number of hydrogen-bond donors (Lipinski definition) is 2. The minimum Gasteiger partial charge on any atom is -0.361 e. The lowest BCUT2D eigenvalue weighted by molar-refractivity contribution is -0.126. The molecule has 1 saturated heterocycles. The maximum atomic E-state index is 12.0. The number of hydrogen-bond acceptors (Lipinski definition) is 2. The van der Waals surface area contributed by atoms with Gasteiger partial charge in [0.2, 0.25) is 0 Å². The van der Waals surface area contributed by atoms with E-state index in [1.807, 2.05) is 12.3 Å². The van der Waals surface area contributed by atoms with Gasteiger partial charge < -0.3 is 10.3 Å². The summed E-state index contributed by atoms with van der Waals surface area (Å²) < 4.78 is 0. The maximum Gasteiger partial charge on any atom is 0.251 e. The molecule has 1 aromatic carbocycles. The zero-order valence-corrected chi connectivity index (χ0v) is 11.7. The Hall–Kier alpha value is -1.82. The summed E-state index contributed by atoms with van der Waals surface area (Å²) in [4.78, 5) is 16.8. The van der Waals surface area contributed by atoms with Gasteiger partial charge in [-0.3, -0.25) is 9.69 Å². The lowest BCUT2D eigenvalue weighted by atomic mass is 9.92. The number of fused-ring (bicyclic) bond motifs is 1. The number of nitrogens with zero attached hydrogens (tertiary/aromatic N) is 1. The van der Waals surface area contributed by atoms with E-state index in [0.717, 1.165) is 11.1 Å². The number of amides is 1. The molecular formula is C13H14BN3OS. The molecule has 0 aliphatic carbocycles. The van der Waals surface area contributed by atoms with Gasteiger partial charge in [0.05, 0.1) is 0 Å². The lowest BCUT2D eigenvalue weighted by Crippen LogP contribution is -2.31. The third-order valence-corrected chi connectivity index (χ3v) is 4.06. The van der Waals surface area contributed by atoms with Gasteiger partial charge in [0.15, 0.2) is 5.11 Å². The molecule has 4 nitrogen and oxygen atoms in total. The number of rotatable bonds is 2. The van der Waals surface area contributed by atoms with Gasteiger partial charge in [-0.1, -0.05) is 23.7 Å². The fourth-order valence-electron chi connectivity index (χ4n) is 2.53. The van der Waals surface area contributed by atoms with Crippen molar-refractivity contribution >= 4 is 47.4 Å². The molecule has 96 valence electrons. The molecule has 2 heterocycles. The number of para-hydroxylation sites is 1. The van der Waals surface area contributed by atoms with Gasteiger partial charge in [-0.15, -0.1) is 0 Å². The third-order valence-electron chi connectivity index (χ3n) is 3.66. The van der Waals surface area contributed by atoms with Gasteiger partial charge in [-0.25, -0.2) is 0 Å². The van der Waals surface area contributed by atoms with Crippen LogP contribution < -0.4 is 10.8 Å². The third kappa shape index (κ3) is 1.92. The van der Waals surface area contributed by atoms with E-state index in [0.29, 0.717) is 11.5 Å². The zero-order valence-electron chi connectivity index (χ0n) is 10.9. The number of carbonyl (C=O) groups is 1. The van der Waals surface area contributed by atoms with Crippen LogP contribution >= 0.6 is 12.2 Å². The number of aromatic nitrogens is 1. The van der Waals surface area contributed by atoms with E-state index in [2.05, 4.69) is 30.3 Å². The van der Waals surface area contributed by atoms with Gasteiger partial charge in [0, 0.05) is 30.6 Å². The first-order valence-corrected chi connectivity index (χ1v) is 6.62. The van der Waals surface area contributed by atoms with Crippen LogP contribution in [0, 0.1) is 0 Å². The van der Waals surface area contributed by atoms with Crippen molar-refractivity contribution in [1.29, 1.82) is 0 Å². The molecule has 2 aromatic rings. The summed E-state index contributed by atoms with van der Waals surface area (Å²) in [6.07, 6.45) is 2.63. The number of thiocarbonyl (C=S) groups is 1. The first-order valence-electron chi connectivity index (χ1n) is 6.21. The van der Waals surface area contributed by atoms with E-state index in [1.54, 1.807) is 7.05 Å². The molecular weight excluding hydrogens is 257 g/mol. The second-order valence-corrected chi connectivity index (χ2v) is 5.30. The van der Waals surface area contributed by atoms with Gasteiger partial charge in [0.25, 0.3) is 5.91 Å². The Bertz CT molecular complexity index is 682. The minimum absolute atomic E-state index is 0.0343. The molecule has 0 radical (unpaired) electrons. The largest absolute Gasteiger partial charge is 0.361 e. The number of nitrogens with one attached hydrogen (secondary N) is 2. The first kappa shape index (κ1) is 12.2. The first-order chi connectivity index (χ1) is 9.08. The number of benzene rings is 1. The van der Waals surface area contributed by atoms with Crippen LogP contribution in [-0.2, 0) is 11.2 Å². The van der Waals surface area contributed by atoms with E-state index in [4.69, 9.17) is 12.2 Å².